The lowest BCUT2D eigenvalue weighted by Gasteiger charge is -2.30. The van der Waals surface area contributed by atoms with E-state index in [-0.39, 0.29) is 5.41 Å². The average Bonchev–Trinajstić information content (AvgIpc) is 2.15. The fourth-order valence-electron chi connectivity index (χ4n) is 1.09. The summed E-state index contributed by atoms with van der Waals surface area (Å²) < 4.78 is 22.5. The highest BCUT2D eigenvalue weighted by Crippen LogP contribution is 2.19. The van der Waals surface area contributed by atoms with E-state index in [1.165, 1.54) is 0 Å². The Kier molecular flexibility index (Phi) is 7.42. The summed E-state index contributed by atoms with van der Waals surface area (Å²) in [5.41, 5.74) is 0.0730. The first-order valence-electron chi connectivity index (χ1n) is 5.95. The summed E-state index contributed by atoms with van der Waals surface area (Å²) in [5.74, 6) is 0. The van der Waals surface area contributed by atoms with E-state index >= 15 is 0 Å². The molecule has 0 aliphatic rings. The lowest BCUT2D eigenvalue weighted by Crippen LogP contribution is -2.50. The molecule has 0 radical (unpaired) electrons. The lowest BCUT2D eigenvalue weighted by atomic mass is 9.99. The maximum absolute atomic E-state index is 5.79. The zero-order chi connectivity index (χ0) is 12.7. The zero-order valence-electron chi connectivity index (χ0n) is 11.5. The van der Waals surface area contributed by atoms with Gasteiger partial charge in [-0.15, -0.1) is 0 Å². The van der Waals surface area contributed by atoms with Gasteiger partial charge in [-0.3, -0.25) is 0 Å². The molecule has 0 spiro atoms. The van der Waals surface area contributed by atoms with E-state index in [4.69, 9.17) is 17.7 Å². The predicted molar refractivity (Wildman–Crippen MR) is 66.0 cm³/mol. The first-order chi connectivity index (χ1) is 7.39. The van der Waals surface area contributed by atoms with Crippen molar-refractivity contribution in [3.05, 3.63) is 0 Å². The van der Waals surface area contributed by atoms with Gasteiger partial charge in [0.05, 0.1) is 0 Å². The van der Waals surface area contributed by atoms with Crippen LogP contribution in [0.4, 0.5) is 0 Å². The lowest BCUT2D eigenvalue weighted by molar-refractivity contribution is -0.0409. The predicted octanol–water partition coefficient (Wildman–Crippen LogP) is 2.59. The Labute approximate surface area is 101 Å². The fourth-order valence-corrected chi connectivity index (χ4v) is 3.26. The molecule has 4 nitrogen and oxygen atoms in total. The molecule has 0 aromatic carbocycles. The molecule has 98 valence electrons. The summed E-state index contributed by atoms with van der Waals surface area (Å²) in [5, 5.41) is 0. The van der Waals surface area contributed by atoms with Gasteiger partial charge in [-0.2, -0.15) is 0 Å². The number of hydrogen-bond donors (Lipinski definition) is 0. The maximum atomic E-state index is 5.79. The monoisotopic (exact) mass is 250 g/mol. The summed E-state index contributed by atoms with van der Waals surface area (Å²) in [6, 6.07) is 0. The van der Waals surface area contributed by atoms with E-state index in [2.05, 4.69) is 20.8 Å². The zero-order valence-corrected chi connectivity index (χ0v) is 12.5. The van der Waals surface area contributed by atoms with Gasteiger partial charge >= 0.3 is 9.05 Å². The molecule has 0 rings (SSSR count). The van der Waals surface area contributed by atoms with Crippen LogP contribution in [0.5, 0.6) is 0 Å². The van der Waals surface area contributed by atoms with Gasteiger partial charge in [0.15, 0.2) is 0 Å². The van der Waals surface area contributed by atoms with Gasteiger partial charge in [0, 0.05) is 26.4 Å². The molecule has 0 aromatic rings. The summed E-state index contributed by atoms with van der Waals surface area (Å²) in [7, 11) is -2.91. The molecule has 0 aromatic heterocycles. The van der Waals surface area contributed by atoms with Gasteiger partial charge in [0.1, 0.15) is 0 Å². The minimum Gasteiger partial charge on any atom is -0.351 e. The Morgan fingerprint density at radius 2 is 1.12 bits per heavy atom. The second-order valence-electron chi connectivity index (χ2n) is 4.65. The smallest absolute Gasteiger partial charge is 0.351 e. The molecule has 0 amide bonds. The fraction of sp³-hybridized carbons (Fsp3) is 1.00. The van der Waals surface area contributed by atoms with Crippen LogP contribution in [-0.2, 0) is 17.7 Å². The summed E-state index contributed by atoms with van der Waals surface area (Å²) in [6.45, 7) is 14.3. The maximum Gasteiger partial charge on any atom is 0.679 e. The third kappa shape index (κ3) is 6.60. The molecule has 0 aliphatic carbocycles. The van der Waals surface area contributed by atoms with Gasteiger partial charge < -0.3 is 17.7 Å². The second-order valence-corrected chi connectivity index (χ2v) is 6.80. The SMILES string of the molecule is CCO[Si](OCC)(OCC)OCC(C)(C)C. The highest BCUT2D eigenvalue weighted by molar-refractivity contribution is 6.53. The number of rotatable bonds is 8. The van der Waals surface area contributed by atoms with Crippen LogP contribution in [0.2, 0.25) is 0 Å². The molecule has 0 bridgehead atoms. The first kappa shape index (κ1) is 16.1. The van der Waals surface area contributed by atoms with Gasteiger partial charge in [0.2, 0.25) is 0 Å². The van der Waals surface area contributed by atoms with Crippen LogP contribution in [0.15, 0.2) is 0 Å². The molecule has 0 atom stereocenters. The summed E-state index contributed by atoms with van der Waals surface area (Å²) in [6.07, 6.45) is 0. The second kappa shape index (κ2) is 7.40. The van der Waals surface area contributed by atoms with Gasteiger partial charge in [-0.1, -0.05) is 20.8 Å². The van der Waals surface area contributed by atoms with Crippen molar-refractivity contribution in [2.24, 2.45) is 5.41 Å². The van der Waals surface area contributed by atoms with Crippen molar-refractivity contribution in [3.8, 4) is 0 Å². The van der Waals surface area contributed by atoms with Crippen molar-refractivity contribution in [2.45, 2.75) is 41.5 Å². The van der Waals surface area contributed by atoms with E-state index in [1.807, 2.05) is 20.8 Å². The van der Waals surface area contributed by atoms with E-state index in [9.17, 15) is 0 Å². The number of hydrogen-bond acceptors (Lipinski definition) is 4. The van der Waals surface area contributed by atoms with Crippen LogP contribution >= 0.6 is 0 Å². The van der Waals surface area contributed by atoms with Crippen molar-refractivity contribution in [2.75, 3.05) is 26.4 Å². The van der Waals surface area contributed by atoms with Crippen LogP contribution in [0.25, 0.3) is 0 Å². The molecular formula is C11H26O4Si. The van der Waals surface area contributed by atoms with Crippen molar-refractivity contribution >= 4 is 9.05 Å². The molecule has 0 saturated carbocycles. The Bertz CT molecular complexity index is 162. The Morgan fingerprint density at radius 3 is 1.38 bits per heavy atom. The minimum absolute atomic E-state index is 0.0730. The molecule has 0 N–H and O–H groups in total. The molecule has 0 unspecified atom stereocenters. The highest BCUT2D eigenvalue weighted by atomic mass is 28.4. The molecular weight excluding hydrogens is 224 g/mol. The molecule has 16 heavy (non-hydrogen) atoms. The third-order valence-corrected chi connectivity index (χ3v) is 4.07. The highest BCUT2D eigenvalue weighted by Gasteiger charge is 2.45. The van der Waals surface area contributed by atoms with Crippen molar-refractivity contribution in [3.63, 3.8) is 0 Å². The third-order valence-electron chi connectivity index (χ3n) is 1.65. The molecule has 0 aliphatic heterocycles. The van der Waals surface area contributed by atoms with Crippen molar-refractivity contribution in [1.82, 2.24) is 0 Å². The van der Waals surface area contributed by atoms with E-state index < -0.39 is 9.05 Å². The average molecular weight is 250 g/mol. The van der Waals surface area contributed by atoms with Gasteiger partial charge in [0.25, 0.3) is 0 Å². The Balaban J connectivity index is 4.46. The quantitative estimate of drug-likeness (QED) is 0.621. The van der Waals surface area contributed by atoms with Crippen LogP contribution in [0.1, 0.15) is 41.5 Å². The first-order valence-corrected chi connectivity index (χ1v) is 7.58. The standard InChI is InChI=1S/C11H26O4Si/c1-7-12-16(13-8-2,14-9-3)15-10-11(4,5)6/h7-10H2,1-6H3. The normalized spacial score (nSPS) is 13.1. The van der Waals surface area contributed by atoms with Gasteiger partial charge in [-0.05, 0) is 26.2 Å². The van der Waals surface area contributed by atoms with Crippen LogP contribution < -0.4 is 0 Å². The van der Waals surface area contributed by atoms with E-state index in [0.29, 0.717) is 26.4 Å². The van der Waals surface area contributed by atoms with E-state index in [1.54, 1.807) is 0 Å². The van der Waals surface area contributed by atoms with Crippen molar-refractivity contribution < 1.29 is 17.7 Å². The minimum atomic E-state index is -2.91. The van der Waals surface area contributed by atoms with E-state index in [0.717, 1.165) is 0 Å². The molecule has 0 saturated heterocycles. The topological polar surface area (TPSA) is 36.9 Å². The summed E-state index contributed by atoms with van der Waals surface area (Å²) in [4.78, 5) is 0. The van der Waals surface area contributed by atoms with Gasteiger partial charge in [-0.25, -0.2) is 0 Å². The molecule has 0 heterocycles. The van der Waals surface area contributed by atoms with Crippen molar-refractivity contribution in [1.29, 1.82) is 0 Å². The molecule has 5 heteroatoms. The molecule has 0 fully saturated rings. The van der Waals surface area contributed by atoms with Crippen LogP contribution in [0, 0.1) is 5.41 Å². The Hall–Kier alpha value is 0.0569. The van der Waals surface area contributed by atoms with Crippen LogP contribution in [-0.4, -0.2) is 35.5 Å². The largest absolute Gasteiger partial charge is 0.679 e. The Morgan fingerprint density at radius 1 is 0.750 bits per heavy atom. The van der Waals surface area contributed by atoms with Crippen LogP contribution in [0.3, 0.4) is 0 Å². The summed E-state index contributed by atoms with van der Waals surface area (Å²) >= 11 is 0.